The zero-order valence-corrected chi connectivity index (χ0v) is 18.0. The summed E-state index contributed by atoms with van der Waals surface area (Å²) in [5.41, 5.74) is 5.01. The highest BCUT2D eigenvalue weighted by molar-refractivity contribution is 6.30. The molecule has 1 heterocycles. The number of aryl methyl sites for hydroxylation is 3. The van der Waals surface area contributed by atoms with Crippen LogP contribution in [0.15, 0.2) is 54.9 Å². The number of hydrogen-bond donors (Lipinski definition) is 0. The maximum absolute atomic E-state index is 13.6. The molecule has 0 spiro atoms. The van der Waals surface area contributed by atoms with Gasteiger partial charge in [-0.05, 0) is 79.0 Å². The van der Waals surface area contributed by atoms with Gasteiger partial charge in [0.05, 0.1) is 6.54 Å². The van der Waals surface area contributed by atoms with Gasteiger partial charge in [-0.1, -0.05) is 29.8 Å². The van der Waals surface area contributed by atoms with Crippen LogP contribution in [-0.4, -0.2) is 15.5 Å². The monoisotopic (exact) mass is 419 g/mol. The lowest BCUT2D eigenvalue weighted by Crippen LogP contribution is -2.33. The number of amides is 1. The van der Waals surface area contributed by atoms with Crippen LogP contribution in [-0.2, 0) is 31.2 Å². The van der Waals surface area contributed by atoms with Crippen LogP contribution in [0.25, 0.3) is 0 Å². The largest absolute Gasteiger partial charge is 0.337 e. The summed E-state index contributed by atoms with van der Waals surface area (Å²) in [4.78, 5) is 20.0. The smallest absolute Gasteiger partial charge is 0.231 e. The van der Waals surface area contributed by atoms with Crippen molar-refractivity contribution in [1.82, 2.24) is 9.55 Å². The predicted octanol–water partition coefficient (Wildman–Crippen LogP) is 5.29. The summed E-state index contributed by atoms with van der Waals surface area (Å²) in [5, 5.41) is 0.729. The molecule has 1 aromatic heterocycles. The van der Waals surface area contributed by atoms with Crippen molar-refractivity contribution in [3.8, 4) is 0 Å². The first-order valence-corrected chi connectivity index (χ1v) is 11.1. The highest BCUT2D eigenvalue weighted by atomic mass is 35.5. The Morgan fingerprint density at radius 2 is 1.90 bits per heavy atom. The first-order chi connectivity index (χ1) is 14.6. The molecule has 0 unspecified atom stereocenters. The zero-order chi connectivity index (χ0) is 20.7. The topological polar surface area (TPSA) is 38.1 Å². The molecule has 1 amide bonds. The van der Waals surface area contributed by atoms with Crippen molar-refractivity contribution in [2.75, 3.05) is 4.90 Å². The van der Waals surface area contributed by atoms with E-state index in [0.29, 0.717) is 6.54 Å². The molecule has 2 aliphatic carbocycles. The lowest BCUT2D eigenvalue weighted by Gasteiger charge is -2.25. The molecule has 2 aromatic carbocycles. The minimum Gasteiger partial charge on any atom is -0.337 e. The summed E-state index contributed by atoms with van der Waals surface area (Å²) < 4.78 is 1.99. The third-order valence-corrected chi connectivity index (χ3v) is 6.79. The molecule has 1 saturated carbocycles. The second-order valence-electron chi connectivity index (χ2n) is 8.54. The predicted molar refractivity (Wildman–Crippen MR) is 120 cm³/mol. The average Bonchev–Trinajstić information content (AvgIpc) is 3.47. The molecule has 0 radical (unpaired) electrons. The molecule has 0 N–H and O–H groups in total. The molecule has 0 saturated heterocycles. The van der Waals surface area contributed by atoms with E-state index < -0.39 is 0 Å². The number of benzene rings is 2. The molecule has 5 heteroatoms. The molecule has 1 fully saturated rings. The first kappa shape index (κ1) is 19.4. The van der Waals surface area contributed by atoms with Gasteiger partial charge in [-0.25, -0.2) is 4.98 Å². The Labute approximate surface area is 182 Å². The summed E-state index contributed by atoms with van der Waals surface area (Å²) in [6, 6.07) is 14.5. The molecule has 0 bridgehead atoms. The Morgan fingerprint density at radius 1 is 1.13 bits per heavy atom. The van der Waals surface area contributed by atoms with Crippen LogP contribution < -0.4 is 4.90 Å². The molecule has 3 aromatic rings. The van der Waals surface area contributed by atoms with Crippen LogP contribution in [0.1, 0.15) is 47.7 Å². The highest BCUT2D eigenvalue weighted by Gasteiger charge is 2.46. The van der Waals surface area contributed by atoms with Crippen LogP contribution in [0.2, 0.25) is 5.02 Å². The number of carbonyl (C=O) groups excluding carboxylic acids is 1. The van der Waals surface area contributed by atoms with Gasteiger partial charge in [0.1, 0.15) is 5.82 Å². The van der Waals surface area contributed by atoms with Gasteiger partial charge in [-0.2, -0.15) is 0 Å². The molecular formula is C25H26ClN3O. The fraction of sp³-hybridized carbons (Fsp3) is 0.360. The van der Waals surface area contributed by atoms with E-state index in [1.54, 1.807) is 6.20 Å². The fourth-order valence-corrected chi connectivity index (χ4v) is 4.75. The van der Waals surface area contributed by atoms with Crippen LogP contribution in [0, 0.1) is 5.92 Å². The Bertz CT molecular complexity index is 1070. The summed E-state index contributed by atoms with van der Waals surface area (Å²) in [7, 11) is 1.98. The molecule has 2 aliphatic rings. The quantitative estimate of drug-likeness (QED) is 0.563. The summed E-state index contributed by atoms with van der Waals surface area (Å²) in [5.74, 6) is 1.37. The van der Waals surface area contributed by atoms with Crippen molar-refractivity contribution in [2.45, 2.75) is 44.6 Å². The minimum absolute atomic E-state index is 0.0162. The number of nitrogens with zero attached hydrogens (tertiary/aromatic N) is 3. The average molecular weight is 420 g/mol. The number of anilines is 1. The molecule has 4 nitrogen and oxygen atoms in total. The Balaban J connectivity index is 1.43. The third kappa shape index (κ3) is 3.77. The highest BCUT2D eigenvalue weighted by Crippen LogP contribution is 2.49. The molecule has 2 atom stereocenters. The number of carbonyl (C=O) groups is 1. The van der Waals surface area contributed by atoms with E-state index in [0.717, 1.165) is 35.8 Å². The lowest BCUT2D eigenvalue weighted by atomic mass is 9.91. The number of aromatic nitrogens is 2. The van der Waals surface area contributed by atoms with Gasteiger partial charge < -0.3 is 9.47 Å². The van der Waals surface area contributed by atoms with E-state index in [1.807, 2.05) is 47.0 Å². The van der Waals surface area contributed by atoms with Crippen molar-refractivity contribution in [3.05, 3.63) is 82.4 Å². The Hall–Kier alpha value is -2.59. The first-order valence-electron chi connectivity index (χ1n) is 10.7. The molecular weight excluding hydrogens is 394 g/mol. The van der Waals surface area contributed by atoms with E-state index in [1.165, 1.54) is 29.5 Å². The zero-order valence-electron chi connectivity index (χ0n) is 17.2. The van der Waals surface area contributed by atoms with Crippen LogP contribution in [0.3, 0.4) is 0 Å². The van der Waals surface area contributed by atoms with E-state index in [9.17, 15) is 4.79 Å². The van der Waals surface area contributed by atoms with E-state index in [-0.39, 0.29) is 17.7 Å². The van der Waals surface area contributed by atoms with Gasteiger partial charge >= 0.3 is 0 Å². The number of rotatable bonds is 5. The van der Waals surface area contributed by atoms with Crippen molar-refractivity contribution in [3.63, 3.8) is 0 Å². The van der Waals surface area contributed by atoms with Gasteiger partial charge in [0.15, 0.2) is 0 Å². The summed E-state index contributed by atoms with van der Waals surface area (Å²) >= 11 is 6.03. The maximum Gasteiger partial charge on any atom is 0.231 e. The van der Waals surface area contributed by atoms with Crippen molar-refractivity contribution in [2.24, 2.45) is 13.0 Å². The fourth-order valence-electron chi connectivity index (χ4n) is 4.62. The minimum atomic E-state index is 0.0162. The van der Waals surface area contributed by atoms with E-state index in [4.69, 9.17) is 11.6 Å². The standard InChI is InChI=1S/C25H26ClN3O/c1-28-13-12-27-24(28)16-29(21-11-8-17-4-2-3-5-19(17)14-21)25(30)23-15-22(23)18-6-9-20(26)10-7-18/h6-14,22-23H,2-5,15-16H2,1H3/t22-,23+/m1/s1. The summed E-state index contributed by atoms with van der Waals surface area (Å²) in [6.07, 6.45) is 9.34. The lowest BCUT2D eigenvalue weighted by molar-refractivity contribution is -0.120. The Morgan fingerprint density at radius 3 is 2.63 bits per heavy atom. The summed E-state index contributed by atoms with van der Waals surface area (Å²) in [6.45, 7) is 0.491. The molecule has 5 rings (SSSR count). The van der Waals surface area contributed by atoms with Crippen molar-refractivity contribution >= 4 is 23.2 Å². The second kappa shape index (κ2) is 7.92. The van der Waals surface area contributed by atoms with E-state index in [2.05, 4.69) is 23.2 Å². The second-order valence-corrected chi connectivity index (χ2v) is 8.98. The van der Waals surface area contributed by atoms with Crippen LogP contribution >= 0.6 is 11.6 Å². The van der Waals surface area contributed by atoms with Gasteiger partial charge in [0, 0.05) is 36.1 Å². The third-order valence-electron chi connectivity index (χ3n) is 6.54. The van der Waals surface area contributed by atoms with Crippen LogP contribution in [0.5, 0.6) is 0 Å². The number of imidazole rings is 1. The molecule has 30 heavy (non-hydrogen) atoms. The van der Waals surface area contributed by atoms with E-state index >= 15 is 0 Å². The van der Waals surface area contributed by atoms with Gasteiger partial charge in [-0.3, -0.25) is 4.79 Å². The normalized spacial score (nSPS) is 19.9. The number of fused-ring (bicyclic) bond motifs is 1. The van der Waals surface area contributed by atoms with Crippen LogP contribution in [0.4, 0.5) is 5.69 Å². The van der Waals surface area contributed by atoms with Gasteiger partial charge in [-0.15, -0.1) is 0 Å². The number of halogens is 1. The van der Waals surface area contributed by atoms with Crippen molar-refractivity contribution < 1.29 is 4.79 Å². The molecule has 0 aliphatic heterocycles. The molecule has 154 valence electrons. The number of hydrogen-bond acceptors (Lipinski definition) is 2. The maximum atomic E-state index is 13.6. The van der Waals surface area contributed by atoms with Gasteiger partial charge in [0.25, 0.3) is 0 Å². The Kier molecular flexibility index (Phi) is 5.11. The van der Waals surface area contributed by atoms with Crippen molar-refractivity contribution in [1.29, 1.82) is 0 Å². The SMILES string of the molecule is Cn1ccnc1CN(C(=O)[C@H]1C[C@@H]1c1ccc(Cl)cc1)c1ccc2c(c1)CCCC2. The van der Waals surface area contributed by atoms with Gasteiger partial charge in [0.2, 0.25) is 5.91 Å².